The van der Waals surface area contributed by atoms with Gasteiger partial charge in [-0.15, -0.1) is 0 Å². The average molecular weight is 280 g/mol. The number of fused-ring (bicyclic) bond motifs is 1. The highest BCUT2D eigenvalue weighted by Crippen LogP contribution is 2.34. The smallest absolute Gasteiger partial charge is 0.155 e. The minimum Gasteiger partial charge on any atom is -0.237 e. The maximum atomic E-state index is 4.41. The molecule has 0 bridgehead atoms. The second-order valence-electron chi connectivity index (χ2n) is 6.29. The summed E-state index contributed by atoms with van der Waals surface area (Å²) in [6.07, 6.45) is 17.9. The van der Waals surface area contributed by atoms with Crippen molar-refractivity contribution < 1.29 is 0 Å². The first kappa shape index (κ1) is 12.9. The number of aliphatic imine (C=N–C) groups is 2. The molecule has 2 unspecified atom stereocenters. The van der Waals surface area contributed by atoms with Crippen LogP contribution in [0.5, 0.6) is 0 Å². The topological polar surface area (TPSA) is 49.4 Å². The molecule has 0 aromatic carbocycles. The molecule has 0 aromatic heterocycles. The van der Waals surface area contributed by atoms with Gasteiger partial charge in [-0.05, 0) is 24.8 Å². The quantitative estimate of drug-likeness (QED) is 0.756. The van der Waals surface area contributed by atoms with Crippen molar-refractivity contribution in [1.82, 2.24) is 0 Å². The molecule has 0 N–H and O–H groups in total. The van der Waals surface area contributed by atoms with E-state index in [0.29, 0.717) is 11.8 Å². The van der Waals surface area contributed by atoms with Crippen LogP contribution in [0.4, 0.5) is 0 Å². The van der Waals surface area contributed by atoms with Gasteiger partial charge in [0, 0.05) is 41.7 Å². The van der Waals surface area contributed by atoms with Crippen molar-refractivity contribution in [3.8, 4) is 0 Å². The molecule has 3 heterocycles. The predicted octanol–water partition coefficient (Wildman–Crippen LogP) is 3.57. The van der Waals surface area contributed by atoms with Crippen LogP contribution in [-0.4, -0.2) is 24.0 Å². The van der Waals surface area contributed by atoms with Crippen LogP contribution in [0.25, 0.3) is 0 Å². The fourth-order valence-corrected chi connectivity index (χ4v) is 3.83. The number of amidine groups is 1. The van der Waals surface area contributed by atoms with Gasteiger partial charge in [0.15, 0.2) is 5.84 Å². The van der Waals surface area contributed by atoms with Gasteiger partial charge in [-0.25, -0.2) is 9.98 Å². The van der Waals surface area contributed by atoms with Gasteiger partial charge in [0.25, 0.3) is 0 Å². The molecule has 0 spiro atoms. The van der Waals surface area contributed by atoms with Crippen LogP contribution in [0.1, 0.15) is 38.5 Å². The third kappa shape index (κ3) is 2.43. The maximum absolute atomic E-state index is 4.41. The summed E-state index contributed by atoms with van der Waals surface area (Å²) >= 11 is 0. The Morgan fingerprint density at radius 3 is 2.95 bits per heavy atom. The summed E-state index contributed by atoms with van der Waals surface area (Å²) in [5.74, 6) is 2.36. The lowest BCUT2D eigenvalue weighted by Gasteiger charge is -2.23. The molecule has 3 aliphatic heterocycles. The molecule has 4 nitrogen and oxygen atoms in total. The fourth-order valence-electron chi connectivity index (χ4n) is 3.83. The molecule has 21 heavy (non-hydrogen) atoms. The largest absolute Gasteiger partial charge is 0.237 e. The van der Waals surface area contributed by atoms with Crippen LogP contribution in [0.15, 0.2) is 44.1 Å². The van der Waals surface area contributed by atoms with E-state index in [1.165, 1.54) is 43.4 Å². The minimum absolute atomic E-state index is 0.293. The number of allylic oxidation sites excluding steroid dienone is 2. The lowest BCUT2D eigenvalue weighted by atomic mass is 9.80. The Hall–Kier alpha value is -1.84. The number of nitrogens with zero attached hydrogens (tertiary/aromatic N) is 4. The van der Waals surface area contributed by atoms with Crippen molar-refractivity contribution in [2.75, 3.05) is 0 Å². The van der Waals surface area contributed by atoms with Crippen LogP contribution in [0.2, 0.25) is 0 Å². The zero-order valence-electron chi connectivity index (χ0n) is 12.2. The Bertz CT molecular complexity index is 600. The second-order valence-corrected chi connectivity index (χ2v) is 6.29. The Kier molecular flexibility index (Phi) is 3.37. The lowest BCUT2D eigenvalue weighted by molar-refractivity contribution is 0.510. The molecule has 108 valence electrons. The van der Waals surface area contributed by atoms with Gasteiger partial charge in [-0.1, -0.05) is 31.8 Å². The monoisotopic (exact) mass is 280 g/mol. The Labute approximate surface area is 125 Å². The minimum atomic E-state index is 0.293. The molecule has 1 aliphatic carbocycles. The summed E-state index contributed by atoms with van der Waals surface area (Å²) in [6, 6.07) is 0. The fraction of sp³-hybridized carbons (Fsp3) is 0.529. The van der Waals surface area contributed by atoms with Crippen molar-refractivity contribution in [1.29, 1.82) is 0 Å². The van der Waals surface area contributed by atoms with E-state index in [1.54, 1.807) is 0 Å². The van der Waals surface area contributed by atoms with E-state index < -0.39 is 0 Å². The van der Waals surface area contributed by atoms with Crippen molar-refractivity contribution in [2.24, 2.45) is 37.9 Å². The summed E-state index contributed by atoms with van der Waals surface area (Å²) in [5, 5.41) is 8.61. The molecule has 4 aliphatic rings. The van der Waals surface area contributed by atoms with Crippen LogP contribution in [-0.2, 0) is 0 Å². The summed E-state index contributed by atoms with van der Waals surface area (Å²) in [4.78, 5) is 8.64. The molecule has 0 radical (unpaired) electrons. The molecule has 4 heteroatoms. The van der Waals surface area contributed by atoms with Crippen LogP contribution in [0.3, 0.4) is 0 Å². The molecule has 4 rings (SSSR count). The standard InChI is InChI=1S/C17H20N4/c1-2-4-12(3-1)5-6-16-15(11-20-21-16)13-7-9-18-17-14(13)8-10-19-17/h7-13,15H,1-6H2. The zero-order chi connectivity index (χ0) is 14.1. The van der Waals surface area contributed by atoms with E-state index in [1.807, 2.05) is 18.6 Å². The Morgan fingerprint density at radius 1 is 1.14 bits per heavy atom. The van der Waals surface area contributed by atoms with Crippen LogP contribution < -0.4 is 0 Å². The summed E-state index contributed by atoms with van der Waals surface area (Å²) in [6.45, 7) is 0. The van der Waals surface area contributed by atoms with Crippen molar-refractivity contribution >= 4 is 24.0 Å². The van der Waals surface area contributed by atoms with Gasteiger partial charge in [0.05, 0.1) is 0 Å². The normalized spacial score (nSPS) is 30.6. The van der Waals surface area contributed by atoms with Gasteiger partial charge in [-0.3, -0.25) is 0 Å². The summed E-state index contributed by atoms with van der Waals surface area (Å²) in [7, 11) is 0. The van der Waals surface area contributed by atoms with E-state index in [4.69, 9.17) is 0 Å². The van der Waals surface area contributed by atoms with Gasteiger partial charge < -0.3 is 0 Å². The van der Waals surface area contributed by atoms with Gasteiger partial charge in [0.2, 0.25) is 0 Å². The van der Waals surface area contributed by atoms with Crippen LogP contribution in [0, 0.1) is 17.8 Å². The molecule has 0 amide bonds. The summed E-state index contributed by atoms with van der Waals surface area (Å²) in [5.41, 5.74) is 2.45. The van der Waals surface area contributed by atoms with E-state index in [9.17, 15) is 0 Å². The van der Waals surface area contributed by atoms with E-state index in [-0.39, 0.29) is 0 Å². The summed E-state index contributed by atoms with van der Waals surface area (Å²) < 4.78 is 0. The van der Waals surface area contributed by atoms with Crippen LogP contribution >= 0.6 is 0 Å². The first-order valence-electron chi connectivity index (χ1n) is 8.01. The molecule has 0 saturated heterocycles. The molecule has 1 fully saturated rings. The number of hydrogen-bond acceptors (Lipinski definition) is 4. The molecular weight excluding hydrogens is 260 g/mol. The van der Waals surface area contributed by atoms with Crippen molar-refractivity contribution in [3.63, 3.8) is 0 Å². The molecular formula is C17H20N4. The first-order valence-corrected chi connectivity index (χ1v) is 8.01. The SMILES string of the molecule is C1=CC(C2C=NN=C2CCC2CCCC2)C2=CC=NC2=N1. The number of rotatable bonds is 4. The second kappa shape index (κ2) is 5.51. The van der Waals surface area contributed by atoms with Gasteiger partial charge >= 0.3 is 0 Å². The van der Waals surface area contributed by atoms with Gasteiger partial charge in [-0.2, -0.15) is 10.2 Å². The zero-order valence-corrected chi connectivity index (χ0v) is 12.2. The number of hydrogen-bond donors (Lipinski definition) is 0. The third-order valence-corrected chi connectivity index (χ3v) is 5.03. The molecule has 2 atom stereocenters. The van der Waals surface area contributed by atoms with E-state index in [2.05, 4.69) is 32.3 Å². The lowest BCUT2D eigenvalue weighted by Crippen LogP contribution is -2.26. The van der Waals surface area contributed by atoms with Gasteiger partial charge in [0.1, 0.15) is 0 Å². The van der Waals surface area contributed by atoms with E-state index >= 15 is 0 Å². The van der Waals surface area contributed by atoms with Crippen molar-refractivity contribution in [3.05, 3.63) is 23.9 Å². The molecule has 0 aromatic rings. The average Bonchev–Trinajstić information content (AvgIpc) is 3.25. The van der Waals surface area contributed by atoms with Crippen molar-refractivity contribution in [2.45, 2.75) is 38.5 Å². The third-order valence-electron chi connectivity index (χ3n) is 5.03. The van der Waals surface area contributed by atoms with E-state index in [0.717, 1.165) is 18.2 Å². The predicted molar refractivity (Wildman–Crippen MR) is 87.2 cm³/mol. The Morgan fingerprint density at radius 2 is 2.05 bits per heavy atom. The highest BCUT2D eigenvalue weighted by Gasteiger charge is 2.33. The molecule has 1 saturated carbocycles. The highest BCUT2D eigenvalue weighted by molar-refractivity contribution is 6.14. The maximum Gasteiger partial charge on any atom is 0.155 e. The Balaban J connectivity index is 1.45. The first-order chi connectivity index (χ1) is 10.4. The highest BCUT2D eigenvalue weighted by atomic mass is 15.2.